The highest BCUT2D eigenvalue weighted by molar-refractivity contribution is 6.02. The number of nitrogens with one attached hydrogen (secondary N) is 2. The largest absolute Gasteiger partial charge is 0.417 e. The number of amides is 1. The van der Waals surface area contributed by atoms with Crippen LogP contribution >= 0.6 is 0 Å². The minimum atomic E-state index is -4.48. The van der Waals surface area contributed by atoms with Gasteiger partial charge in [0.1, 0.15) is 5.69 Å². The van der Waals surface area contributed by atoms with Crippen molar-refractivity contribution in [1.29, 1.82) is 0 Å². The monoisotopic (exact) mass is 298 g/mol. The number of carbonyl (C=O) groups excluding carboxylic acids is 1. The third kappa shape index (κ3) is 3.59. The number of halogens is 3. The van der Waals surface area contributed by atoms with Crippen LogP contribution in [0.25, 0.3) is 0 Å². The maximum atomic E-state index is 12.4. The summed E-state index contributed by atoms with van der Waals surface area (Å²) in [7, 11) is 0. The number of pyridine rings is 1. The van der Waals surface area contributed by atoms with Gasteiger partial charge in [-0.05, 0) is 18.1 Å². The van der Waals surface area contributed by atoms with E-state index < -0.39 is 17.6 Å². The van der Waals surface area contributed by atoms with Crippen LogP contribution in [0.1, 0.15) is 41.5 Å². The van der Waals surface area contributed by atoms with E-state index in [2.05, 4.69) is 20.5 Å². The molecule has 0 aliphatic carbocycles. The third-order valence-electron chi connectivity index (χ3n) is 2.78. The fraction of sp³-hybridized carbons (Fsp3) is 0.308. The minimum absolute atomic E-state index is 0.114. The molecule has 0 aromatic carbocycles. The van der Waals surface area contributed by atoms with Crippen LogP contribution in [0.3, 0.4) is 0 Å². The third-order valence-corrected chi connectivity index (χ3v) is 2.78. The molecule has 2 N–H and O–H groups in total. The van der Waals surface area contributed by atoms with Gasteiger partial charge < -0.3 is 5.32 Å². The first-order valence-corrected chi connectivity index (χ1v) is 6.17. The molecule has 21 heavy (non-hydrogen) atoms. The Bertz CT molecular complexity index is 632. The molecular formula is C13H13F3N4O. The SMILES string of the molecule is CC(C)c1cc(NC(=O)c2ccc(C(F)(F)F)cn2)n[nH]1. The molecule has 0 fully saturated rings. The van der Waals surface area contributed by atoms with Crippen molar-refractivity contribution in [1.82, 2.24) is 15.2 Å². The summed E-state index contributed by atoms with van der Waals surface area (Å²) >= 11 is 0. The van der Waals surface area contributed by atoms with Crippen LogP contribution in [0.2, 0.25) is 0 Å². The molecular weight excluding hydrogens is 285 g/mol. The van der Waals surface area contributed by atoms with E-state index in [0.29, 0.717) is 12.0 Å². The van der Waals surface area contributed by atoms with Crippen molar-refractivity contribution in [3.63, 3.8) is 0 Å². The number of nitrogens with zero attached hydrogens (tertiary/aromatic N) is 2. The molecule has 0 unspecified atom stereocenters. The molecule has 1 amide bonds. The van der Waals surface area contributed by atoms with E-state index in [4.69, 9.17) is 0 Å². The van der Waals surface area contributed by atoms with Crippen LogP contribution in [-0.4, -0.2) is 21.1 Å². The highest BCUT2D eigenvalue weighted by atomic mass is 19.4. The lowest BCUT2D eigenvalue weighted by Gasteiger charge is -2.06. The van der Waals surface area contributed by atoms with E-state index >= 15 is 0 Å². The number of hydrogen-bond acceptors (Lipinski definition) is 3. The molecule has 5 nitrogen and oxygen atoms in total. The number of aromatic nitrogens is 3. The maximum absolute atomic E-state index is 12.4. The standard InChI is InChI=1S/C13H13F3N4O/c1-7(2)10-5-11(20-19-10)18-12(21)9-4-3-8(6-17-9)13(14,15)16/h3-7H,1-2H3,(H2,18,19,20,21). The number of carbonyl (C=O) groups is 1. The summed E-state index contributed by atoms with van der Waals surface area (Å²) in [5.41, 5.74) is -0.177. The van der Waals surface area contributed by atoms with Crippen LogP contribution in [-0.2, 0) is 6.18 Å². The average Bonchev–Trinajstić information content (AvgIpc) is 2.86. The smallest absolute Gasteiger partial charge is 0.304 e. The van der Waals surface area contributed by atoms with E-state index in [9.17, 15) is 18.0 Å². The van der Waals surface area contributed by atoms with Gasteiger partial charge in [0.25, 0.3) is 5.91 Å². The zero-order valence-electron chi connectivity index (χ0n) is 11.3. The Labute approximate surface area is 118 Å². The zero-order chi connectivity index (χ0) is 15.6. The van der Waals surface area contributed by atoms with E-state index in [1.807, 2.05) is 13.8 Å². The second-order valence-corrected chi connectivity index (χ2v) is 4.75. The number of anilines is 1. The summed E-state index contributed by atoms with van der Waals surface area (Å²) in [4.78, 5) is 15.4. The molecule has 0 radical (unpaired) electrons. The molecule has 2 heterocycles. The number of alkyl halides is 3. The second kappa shape index (κ2) is 5.55. The Balaban J connectivity index is 2.09. The number of hydrogen-bond donors (Lipinski definition) is 2. The van der Waals surface area contributed by atoms with Crippen molar-refractivity contribution in [3.05, 3.63) is 41.3 Å². The molecule has 0 aliphatic heterocycles. The van der Waals surface area contributed by atoms with Crippen molar-refractivity contribution in [2.75, 3.05) is 5.32 Å². The van der Waals surface area contributed by atoms with E-state index in [0.717, 1.165) is 17.8 Å². The Hall–Kier alpha value is -2.38. The molecule has 8 heteroatoms. The summed E-state index contributed by atoms with van der Waals surface area (Å²) in [5, 5.41) is 9.12. The Morgan fingerprint density at radius 3 is 2.52 bits per heavy atom. The van der Waals surface area contributed by atoms with E-state index in [-0.39, 0.29) is 11.6 Å². The van der Waals surface area contributed by atoms with Crippen molar-refractivity contribution in [2.24, 2.45) is 0 Å². The van der Waals surface area contributed by atoms with Gasteiger partial charge in [0, 0.05) is 18.0 Å². The van der Waals surface area contributed by atoms with Gasteiger partial charge in [-0.15, -0.1) is 0 Å². The van der Waals surface area contributed by atoms with Gasteiger partial charge in [-0.1, -0.05) is 13.8 Å². The van der Waals surface area contributed by atoms with Crippen molar-refractivity contribution in [2.45, 2.75) is 25.9 Å². The predicted molar refractivity (Wildman–Crippen MR) is 69.9 cm³/mol. The van der Waals surface area contributed by atoms with Gasteiger partial charge in [0.05, 0.1) is 5.56 Å². The summed E-state index contributed by atoms with van der Waals surface area (Å²) in [5.74, 6) is -0.108. The average molecular weight is 298 g/mol. The Morgan fingerprint density at radius 1 is 1.33 bits per heavy atom. The Kier molecular flexibility index (Phi) is 3.97. The van der Waals surface area contributed by atoms with Crippen LogP contribution in [0, 0.1) is 0 Å². The minimum Gasteiger partial charge on any atom is -0.304 e. The number of aromatic amines is 1. The fourth-order valence-corrected chi connectivity index (χ4v) is 1.57. The second-order valence-electron chi connectivity index (χ2n) is 4.75. The van der Waals surface area contributed by atoms with Crippen LogP contribution < -0.4 is 5.32 Å². The molecule has 2 aromatic rings. The predicted octanol–water partition coefficient (Wildman–Crippen LogP) is 3.20. The molecule has 0 aliphatic rings. The number of rotatable bonds is 3. The lowest BCUT2D eigenvalue weighted by Crippen LogP contribution is -2.15. The van der Waals surface area contributed by atoms with Gasteiger partial charge >= 0.3 is 6.18 Å². The van der Waals surface area contributed by atoms with Crippen LogP contribution in [0.15, 0.2) is 24.4 Å². The maximum Gasteiger partial charge on any atom is 0.417 e. The molecule has 2 aromatic heterocycles. The summed E-state index contributed by atoms with van der Waals surface area (Å²) in [6.45, 7) is 3.91. The quantitative estimate of drug-likeness (QED) is 0.914. The van der Waals surface area contributed by atoms with Gasteiger partial charge in [-0.3, -0.25) is 14.9 Å². The highest BCUT2D eigenvalue weighted by Gasteiger charge is 2.30. The lowest BCUT2D eigenvalue weighted by molar-refractivity contribution is -0.137. The molecule has 0 saturated carbocycles. The van der Waals surface area contributed by atoms with Gasteiger partial charge in [-0.2, -0.15) is 18.3 Å². The molecule has 0 atom stereocenters. The van der Waals surface area contributed by atoms with Crippen LogP contribution in [0.4, 0.5) is 19.0 Å². The van der Waals surface area contributed by atoms with Gasteiger partial charge in [-0.25, -0.2) is 0 Å². The van der Waals surface area contributed by atoms with Gasteiger partial charge in [0.2, 0.25) is 0 Å². The molecule has 0 saturated heterocycles. The summed E-state index contributed by atoms with van der Waals surface area (Å²) in [6.07, 6.45) is -3.85. The first-order valence-electron chi connectivity index (χ1n) is 6.17. The van der Waals surface area contributed by atoms with Crippen molar-refractivity contribution in [3.8, 4) is 0 Å². The molecule has 2 rings (SSSR count). The van der Waals surface area contributed by atoms with E-state index in [1.165, 1.54) is 0 Å². The lowest BCUT2D eigenvalue weighted by atomic mass is 10.1. The van der Waals surface area contributed by atoms with Crippen molar-refractivity contribution < 1.29 is 18.0 Å². The topological polar surface area (TPSA) is 70.7 Å². The summed E-state index contributed by atoms with van der Waals surface area (Å²) < 4.78 is 37.2. The molecule has 0 spiro atoms. The molecule has 0 bridgehead atoms. The van der Waals surface area contributed by atoms with Crippen molar-refractivity contribution >= 4 is 11.7 Å². The zero-order valence-corrected chi connectivity index (χ0v) is 11.3. The first-order chi connectivity index (χ1) is 9.77. The van der Waals surface area contributed by atoms with E-state index in [1.54, 1.807) is 6.07 Å². The number of H-pyrrole nitrogens is 1. The highest BCUT2D eigenvalue weighted by Crippen LogP contribution is 2.28. The fourth-order valence-electron chi connectivity index (χ4n) is 1.57. The Morgan fingerprint density at radius 2 is 2.05 bits per heavy atom. The molecule has 112 valence electrons. The van der Waals surface area contributed by atoms with Crippen LogP contribution in [0.5, 0.6) is 0 Å². The first kappa shape index (κ1) is 15.0. The normalized spacial score (nSPS) is 11.7. The summed E-state index contributed by atoms with van der Waals surface area (Å²) in [6, 6.07) is 3.49. The van der Waals surface area contributed by atoms with Gasteiger partial charge in [0.15, 0.2) is 5.82 Å².